The highest BCUT2D eigenvalue weighted by atomic mass is 16.4. The molecule has 0 bridgehead atoms. The lowest BCUT2D eigenvalue weighted by Gasteiger charge is -2.27. The van der Waals surface area contributed by atoms with Gasteiger partial charge in [-0.15, -0.1) is 0 Å². The number of fused-ring (bicyclic) bond motifs is 1. The summed E-state index contributed by atoms with van der Waals surface area (Å²) in [6.07, 6.45) is 4.41. The molecule has 21 heteroatoms. The maximum atomic E-state index is 14.4. The van der Waals surface area contributed by atoms with E-state index in [1.807, 2.05) is 38.1 Å². The van der Waals surface area contributed by atoms with E-state index in [0.29, 0.717) is 49.9 Å². The molecule has 0 saturated carbocycles. The number of aromatic hydroxyl groups is 1. The van der Waals surface area contributed by atoms with Crippen molar-refractivity contribution in [1.29, 1.82) is 0 Å². The third kappa shape index (κ3) is 20.1. The summed E-state index contributed by atoms with van der Waals surface area (Å²) >= 11 is 0. The molecular formula is C46H70N12O9. The lowest BCUT2D eigenvalue weighted by Crippen LogP contribution is -2.59. The molecule has 1 aromatic heterocycles. The number of carboxylic acids is 1. The number of nitrogens with zero attached hydrogens (tertiary/aromatic N) is 1. The molecule has 67 heavy (non-hydrogen) atoms. The van der Waals surface area contributed by atoms with Gasteiger partial charge >= 0.3 is 5.97 Å². The topological polar surface area (TPSA) is 350 Å². The predicted molar refractivity (Wildman–Crippen MR) is 254 cm³/mol. The summed E-state index contributed by atoms with van der Waals surface area (Å²) in [5.41, 5.74) is 19.4. The number of phenolic OH excluding ortho intramolecular Hbond substituents is 1. The Bertz CT molecular complexity index is 2120. The molecule has 6 atom stereocenters. The minimum Gasteiger partial charge on any atom is -0.508 e. The molecule has 1 heterocycles. The van der Waals surface area contributed by atoms with Crippen molar-refractivity contribution in [1.82, 2.24) is 42.2 Å². The largest absolute Gasteiger partial charge is 0.508 e. The molecule has 0 aliphatic rings. The quantitative estimate of drug-likeness (QED) is 0.0239. The summed E-state index contributed by atoms with van der Waals surface area (Å²) < 4.78 is 0. The number of aliphatic imine (C=N–C) groups is 1. The van der Waals surface area contributed by atoms with Gasteiger partial charge in [-0.25, -0.2) is 0 Å². The molecule has 2 aromatic carbocycles. The Balaban J connectivity index is 1.93. The van der Waals surface area contributed by atoms with E-state index in [4.69, 9.17) is 17.2 Å². The number of benzene rings is 2. The standard InChI is InChI=1S/C46H70N12O9/c1-27(2)50-21-10-8-15-36(56-44(65)38(24-30-17-19-32(60)20-18-30)57-40(61)34(47)13-7-9-22-51-29(4)59)41(62)55-37(16-11-23-52-46(48)49)42(63)58-39(43(64)54-28(3)45(66)67)25-31-26-53-35-14-6-5-12-33(31)35/h5-6,12,14,17-20,26-28,34,36-39,50,53,60H,7-11,13,15-16,21-25,47H2,1-4H3,(H,51,59)(H,54,64)(H,55,62)(H,56,65)(H,57,61)(H,58,63)(H,66,67)(H4,48,49,52)/t28-,34+,36+,37-,38+,39+/m1/s1. The molecule has 3 rings (SSSR count). The molecule has 3 aromatic rings. The van der Waals surface area contributed by atoms with Gasteiger partial charge in [0.05, 0.1) is 6.04 Å². The average molecular weight is 935 g/mol. The minimum atomic E-state index is -1.30. The summed E-state index contributed by atoms with van der Waals surface area (Å²) in [5, 5.41) is 39.7. The van der Waals surface area contributed by atoms with Gasteiger partial charge in [-0.2, -0.15) is 0 Å². The number of hydrogen-bond acceptors (Lipinski definition) is 11. The zero-order valence-corrected chi connectivity index (χ0v) is 38.9. The van der Waals surface area contributed by atoms with Crippen LogP contribution in [-0.2, 0) is 46.4 Å². The molecular weight excluding hydrogens is 865 g/mol. The Morgan fingerprint density at radius 3 is 1.85 bits per heavy atom. The highest BCUT2D eigenvalue weighted by molar-refractivity contribution is 5.97. The van der Waals surface area contributed by atoms with Gasteiger partial charge in [0.15, 0.2) is 5.96 Å². The third-order valence-corrected chi connectivity index (χ3v) is 10.8. The van der Waals surface area contributed by atoms with Crippen LogP contribution < -0.4 is 54.4 Å². The Kier molecular flexibility index (Phi) is 23.1. The second-order valence-electron chi connectivity index (χ2n) is 16.9. The van der Waals surface area contributed by atoms with Crippen LogP contribution >= 0.6 is 0 Å². The molecule has 368 valence electrons. The first-order chi connectivity index (χ1) is 31.8. The van der Waals surface area contributed by atoms with Crippen LogP contribution in [0.3, 0.4) is 0 Å². The van der Waals surface area contributed by atoms with Crippen LogP contribution in [-0.4, -0.2) is 124 Å². The molecule has 21 nitrogen and oxygen atoms in total. The van der Waals surface area contributed by atoms with Crippen LogP contribution in [0, 0.1) is 0 Å². The predicted octanol–water partition coefficient (Wildman–Crippen LogP) is 0.0428. The summed E-state index contributed by atoms with van der Waals surface area (Å²) in [5.74, 6) is -5.24. The van der Waals surface area contributed by atoms with Crippen molar-refractivity contribution in [2.45, 2.75) is 134 Å². The smallest absolute Gasteiger partial charge is 0.325 e. The normalized spacial score (nSPS) is 13.8. The van der Waals surface area contributed by atoms with Crippen LogP contribution in [0.15, 0.2) is 59.7 Å². The van der Waals surface area contributed by atoms with Crippen molar-refractivity contribution in [3.8, 4) is 5.75 Å². The number of phenols is 1. The Labute approximate surface area is 391 Å². The molecule has 0 aliphatic heterocycles. The molecule has 6 amide bonds. The van der Waals surface area contributed by atoms with Crippen molar-refractivity contribution in [3.05, 3.63) is 65.9 Å². The lowest BCUT2D eigenvalue weighted by molar-refractivity contribution is -0.141. The van der Waals surface area contributed by atoms with Gasteiger partial charge in [-0.3, -0.25) is 38.6 Å². The molecule has 0 aliphatic carbocycles. The second kappa shape index (κ2) is 28.3. The molecule has 0 spiro atoms. The number of rotatable bonds is 30. The fourth-order valence-electron chi connectivity index (χ4n) is 7.07. The number of aromatic amines is 1. The molecule has 0 saturated heterocycles. The van der Waals surface area contributed by atoms with Gasteiger partial charge in [0.2, 0.25) is 35.4 Å². The van der Waals surface area contributed by atoms with Crippen molar-refractivity contribution >= 4 is 58.3 Å². The number of carbonyl (C=O) groups excluding carboxylic acids is 6. The van der Waals surface area contributed by atoms with Gasteiger partial charge in [-0.1, -0.05) is 44.2 Å². The van der Waals surface area contributed by atoms with E-state index in [0.717, 1.165) is 10.9 Å². The van der Waals surface area contributed by atoms with Crippen molar-refractivity contribution in [3.63, 3.8) is 0 Å². The maximum absolute atomic E-state index is 14.4. The fourth-order valence-corrected chi connectivity index (χ4v) is 7.07. The van der Waals surface area contributed by atoms with E-state index in [1.54, 1.807) is 18.3 Å². The number of unbranched alkanes of at least 4 members (excludes halogenated alkanes) is 2. The van der Waals surface area contributed by atoms with Crippen molar-refractivity contribution in [2.24, 2.45) is 22.2 Å². The number of para-hydroxylation sites is 1. The van der Waals surface area contributed by atoms with E-state index < -0.39 is 71.8 Å². The Morgan fingerprint density at radius 1 is 0.672 bits per heavy atom. The fraction of sp³-hybridized carbons (Fsp3) is 0.522. The highest BCUT2D eigenvalue weighted by Gasteiger charge is 2.33. The van der Waals surface area contributed by atoms with Crippen molar-refractivity contribution < 1.29 is 43.8 Å². The zero-order valence-electron chi connectivity index (χ0n) is 38.9. The van der Waals surface area contributed by atoms with Crippen LogP contribution in [0.4, 0.5) is 0 Å². The monoisotopic (exact) mass is 935 g/mol. The third-order valence-electron chi connectivity index (χ3n) is 10.8. The molecule has 0 fully saturated rings. The van der Waals surface area contributed by atoms with Crippen LogP contribution in [0.2, 0.25) is 0 Å². The van der Waals surface area contributed by atoms with Gasteiger partial charge in [0.1, 0.15) is 36.0 Å². The van der Waals surface area contributed by atoms with Crippen LogP contribution in [0.1, 0.15) is 90.2 Å². The number of aliphatic carboxylic acids is 1. The number of H-pyrrole nitrogens is 1. The van der Waals surface area contributed by atoms with Gasteiger partial charge < -0.3 is 69.6 Å². The van der Waals surface area contributed by atoms with E-state index in [2.05, 4.69) is 47.2 Å². The zero-order chi connectivity index (χ0) is 49.5. The van der Waals surface area contributed by atoms with Crippen LogP contribution in [0.5, 0.6) is 5.75 Å². The molecule has 16 N–H and O–H groups in total. The number of nitrogens with one attached hydrogen (secondary N) is 8. The van der Waals surface area contributed by atoms with E-state index in [-0.39, 0.29) is 68.7 Å². The van der Waals surface area contributed by atoms with Gasteiger partial charge in [0.25, 0.3) is 0 Å². The number of nitrogens with two attached hydrogens (primary N) is 3. The first-order valence-electron chi connectivity index (χ1n) is 22.7. The molecule has 0 unspecified atom stereocenters. The highest BCUT2D eigenvalue weighted by Crippen LogP contribution is 2.20. The first kappa shape index (κ1) is 54.6. The van der Waals surface area contributed by atoms with E-state index >= 15 is 0 Å². The lowest BCUT2D eigenvalue weighted by atomic mass is 10.0. The summed E-state index contributed by atoms with van der Waals surface area (Å²) in [6, 6.07) is 6.29. The summed E-state index contributed by atoms with van der Waals surface area (Å²) in [7, 11) is 0. The number of carboxylic acid groups (broad SMARTS) is 1. The van der Waals surface area contributed by atoms with Gasteiger partial charge in [0, 0.05) is 56.0 Å². The number of amides is 6. The summed E-state index contributed by atoms with van der Waals surface area (Å²) in [6.45, 7) is 7.82. The maximum Gasteiger partial charge on any atom is 0.325 e. The van der Waals surface area contributed by atoms with Crippen LogP contribution in [0.25, 0.3) is 10.9 Å². The SMILES string of the molecule is CC(=O)NCCCC[C@H](N)C(=O)N[C@@H](Cc1ccc(O)cc1)C(=O)N[C@@H](CCCCNC(C)C)C(=O)N[C@H](CCCN=C(N)N)C(=O)N[C@@H](Cc1c[nH]c2ccccc12)C(=O)N[C@H](C)C(=O)O. The number of carbonyl (C=O) groups is 7. The van der Waals surface area contributed by atoms with E-state index in [9.17, 15) is 43.8 Å². The summed E-state index contributed by atoms with van der Waals surface area (Å²) in [4.78, 5) is 100. The van der Waals surface area contributed by atoms with E-state index in [1.165, 1.54) is 26.0 Å². The number of guanidine groups is 1. The van der Waals surface area contributed by atoms with Gasteiger partial charge in [-0.05, 0) is 94.2 Å². The average Bonchev–Trinajstić information content (AvgIpc) is 3.68. The first-order valence-corrected chi connectivity index (χ1v) is 22.7. The number of aromatic nitrogens is 1. The Hall–Kier alpha value is -6.74. The second-order valence-corrected chi connectivity index (χ2v) is 16.9. The molecule has 0 radical (unpaired) electrons. The number of hydrogen-bond donors (Lipinski definition) is 13. The minimum absolute atomic E-state index is 0.00427. The Morgan fingerprint density at radius 2 is 1.22 bits per heavy atom. The van der Waals surface area contributed by atoms with Crippen molar-refractivity contribution in [2.75, 3.05) is 19.6 Å².